The third-order valence-electron chi connectivity index (χ3n) is 3.08. The highest BCUT2D eigenvalue weighted by Gasteiger charge is 2.28. The minimum atomic E-state index is -0.175. The Hall–Kier alpha value is -0.490. The molecule has 0 saturated carbocycles. The zero-order valence-corrected chi connectivity index (χ0v) is 12.8. The first kappa shape index (κ1) is 14.6. The number of nitrogens with zero attached hydrogens (tertiary/aromatic N) is 2. The quantitative estimate of drug-likeness (QED) is 0.820. The van der Waals surface area contributed by atoms with Crippen molar-refractivity contribution in [2.24, 2.45) is 0 Å². The summed E-state index contributed by atoms with van der Waals surface area (Å²) in [5.41, 5.74) is 0.606. The second-order valence-electron chi connectivity index (χ2n) is 3.98. The first-order valence-electron chi connectivity index (χ1n) is 5.82. The van der Waals surface area contributed by atoms with Crippen molar-refractivity contribution in [1.29, 1.82) is 0 Å². The zero-order chi connectivity index (χ0) is 12.9. The summed E-state index contributed by atoms with van der Waals surface area (Å²) in [5, 5.41) is 7.82. The van der Waals surface area contributed by atoms with E-state index in [9.17, 15) is 4.79 Å². The van der Waals surface area contributed by atoms with Gasteiger partial charge in [-0.1, -0.05) is 41.2 Å². The number of carbonyl (C=O) groups excluding carboxylic acids is 1. The summed E-state index contributed by atoms with van der Waals surface area (Å²) in [7, 11) is 0. The van der Waals surface area contributed by atoms with Crippen LogP contribution in [0.3, 0.4) is 0 Å². The predicted molar refractivity (Wildman–Crippen MR) is 73.9 cm³/mol. The van der Waals surface area contributed by atoms with E-state index in [2.05, 4.69) is 44.7 Å². The smallest absolute Gasteiger partial charge is 0.265 e. The van der Waals surface area contributed by atoms with Gasteiger partial charge in [-0.3, -0.25) is 4.79 Å². The summed E-state index contributed by atoms with van der Waals surface area (Å²) in [5.74, 6) is -0.0556. The normalized spacial score (nSPS) is 11.5. The van der Waals surface area contributed by atoms with Crippen LogP contribution in [0.5, 0.6) is 0 Å². The lowest BCUT2D eigenvalue weighted by Gasteiger charge is -2.30. The second-order valence-corrected chi connectivity index (χ2v) is 5.29. The second kappa shape index (κ2) is 6.44. The fourth-order valence-corrected chi connectivity index (χ4v) is 3.14. The van der Waals surface area contributed by atoms with Crippen LogP contribution < -0.4 is 5.32 Å². The van der Waals surface area contributed by atoms with Crippen LogP contribution >= 0.6 is 27.5 Å². The van der Waals surface area contributed by atoms with E-state index in [1.165, 1.54) is 11.5 Å². The lowest BCUT2D eigenvalue weighted by Crippen LogP contribution is -2.49. The van der Waals surface area contributed by atoms with E-state index < -0.39 is 0 Å². The molecule has 17 heavy (non-hydrogen) atoms. The van der Waals surface area contributed by atoms with Gasteiger partial charge in [0.2, 0.25) is 0 Å². The topological polar surface area (TPSA) is 54.9 Å². The predicted octanol–water partition coefficient (Wildman–Crippen LogP) is 2.78. The number of carbonyl (C=O) groups is 1. The molecule has 1 aromatic rings. The number of amides is 1. The molecule has 0 aliphatic rings. The maximum absolute atomic E-state index is 12.2. The third-order valence-corrected chi connectivity index (χ3v) is 4.93. The van der Waals surface area contributed by atoms with Crippen molar-refractivity contribution in [3.63, 3.8) is 0 Å². The molecule has 0 unspecified atom stereocenters. The molecule has 1 heterocycles. The van der Waals surface area contributed by atoms with Crippen LogP contribution in [0, 0.1) is 0 Å². The molecule has 6 heteroatoms. The highest BCUT2D eigenvalue weighted by Crippen LogP contribution is 2.20. The lowest BCUT2D eigenvalue weighted by atomic mass is 9.95. The molecule has 0 fully saturated rings. The molecule has 0 spiro atoms. The molecule has 0 radical (unpaired) electrons. The van der Waals surface area contributed by atoms with Gasteiger partial charge in [0.25, 0.3) is 5.91 Å². The minimum Gasteiger partial charge on any atom is -0.345 e. The van der Waals surface area contributed by atoms with E-state index in [1.54, 1.807) is 0 Å². The molecule has 0 aromatic carbocycles. The Morgan fingerprint density at radius 3 is 2.53 bits per heavy atom. The molecule has 1 N–H and O–H groups in total. The van der Waals surface area contributed by atoms with Crippen molar-refractivity contribution in [3.05, 3.63) is 10.6 Å². The third kappa shape index (κ3) is 3.25. The molecule has 1 rings (SSSR count). The van der Waals surface area contributed by atoms with Crippen molar-refractivity contribution in [2.75, 3.05) is 5.33 Å². The van der Waals surface area contributed by atoms with E-state index in [0.29, 0.717) is 4.88 Å². The van der Waals surface area contributed by atoms with E-state index in [0.717, 1.165) is 30.3 Å². The number of hydrogen-bond donors (Lipinski definition) is 1. The highest BCUT2D eigenvalue weighted by molar-refractivity contribution is 9.09. The molecule has 1 amide bonds. The first-order chi connectivity index (χ1) is 8.12. The van der Waals surface area contributed by atoms with E-state index in [-0.39, 0.29) is 11.4 Å². The van der Waals surface area contributed by atoms with Gasteiger partial charge in [-0.25, -0.2) is 0 Å². The number of aryl methyl sites for hydroxylation is 1. The molecule has 0 aliphatic heterocycles. The van der Waals surface area contributed by atoms with Gasteiger partial charge in [0, 0.05) is 10.9 Å². The molecule has 0 saturated heterocycles. The Balaban J connectivity index is 2.84. The number of halogens is 1. The average Bonchev–Trinajstić information content (AvgIpc) is 2.84. The maximum Gasteiger partial charge on any atom is 0.265 e. The number of alkyl halides is 1. The summed E-state index contributed by atoms with van der Waals surface area (Å²) in [6.45, 7) is 6.14. The fraction of sp³-hybridized carbons (Fsp3) is 0.727. The lowest BCUT2D eigenvalue weighted by molar-refractivity contribution is 0.0907. The van der Waals surface area contributed by atoms with Gasteiger partial charge in [-0.15, -0.1) is 5.10 Å². The Labute approximate surface area is 114 Å². The Morgan fingerprint density at radius 2 is 2.06 bits per heavy atom. The van der Waals surface area contributed by atoms with Crippen molar-refractivity contribution < 1.29 is 4.79 Å². The minimum absolute atomic E-state index is 0.0556. The maximum atomic E-state index is 12.2. The van der Waals surface area contributed by atoms with Crippen molar-refractivity contribution in [3.8, 4) is 0 Å². The van der Waals surface area contributed by atoms with E-state index >= 15 is 0 Å². The van der Waals surface area contributed by atoms with Gasteiger partial charge in [-0.05, 0) is 30.8 Å². The summed E-state index contributed by atoms with van der Waals surface area (Å²) in [4.78, 5) is 12.8. The van der Waals surface area contributed by atoms with Crippen LogP contribution in [-0.2, 0) is 6.42 Å². The molecule has 1 aromatic heterocycles. The van der Waals surface area contributed by atoms with Crippen LogP contribution in [0.2, 0.25) is 0 Å². The number of rotatable bonds is 6. The Bertz CT molecular complexity index is 368. The van der Waals surface area contributed by atoms with E-state index in [1.807, 2.05) is 6.92 Å². The van der Waals surface area contributed by atoms with Gasteiger partial charge >= 0.3 is 0 Å². The average molecular weight is 320 g/mol. The van der Waals surface area contributed by atoms with Crippen LogP contribution in [0.15, 0.2) is 0 Å². The SMILES string of the molecule is CCc1nnsc1C(=O)NC(CC)(CC)CBr. The summed E-state index contributed by atoms with van der Waals surface area (Å²) < 4.78 is 3.84. The standard InChI is InChI=1S/C11H18BrN3OS/c1-4-8-9(17-15-14-8)10(16)13-11(5-2,6-3)7-12/h4-7H2,1-3H3,(H,13,16). The Kier molecular flexibility index (Phi) is 5.52. The molecule has 96 valence electrons. The van der Waals surface area contributed by atoms with Crippen LogP contribution in [0.4, 0.5) is 0 Å². The van der Waals surface area contributed by atoms with Crippen LogP contribution in [0.25, 0.3) is 0 Å². The van der Waals surface area contributed by atoms with Gasteiger partial charge in [0.05, 0.1) is 5.69 Å². The molecular formula is C11H18BrN3OS. The van der Waals surface area contributed by atoms with Gasteiger partial charge in [-0.2, -0.15) is 0 Å². The highest BCUT2D eigenvalue weighted by atomic mass is 79.9. The van der Waals surface area contributed by atoms with Gasteiger partial charge < -0.3 is 5.32 Å². The molecule has 0 atom stereocenters. The molecule has 0 aliphatic carbocycles. The molecule has 4 nitrogen and oxygen atoms in total. The summed E-state index contributed by atoms with van der Waals surface area (Å²) >= 11 is 4.64. The summed E-state index contributed by atoms with van der Waals surface area (Å²) in [6, 6.07) is 0. The van der Waals surface area contributed by atoms with Crippen LogP contribution in [-0.4, -0.2) is 26.4 Å². The molecule has 0 bridgehead atoms. The number of nitrogens with one attached hydrogen (secondary N) is 1. The van der Waals surface area contributed by atoms with E-state index in [4.69, 9.17) is 0 Å². The van der Waals surface area contributed by atoms with Crippen molar-refractivity contribution in [1.82, 2.24) is 14.9 Å². The monoisotopic (exact) mass is 319 g/mol. The van der Waals surface area contributed by atoms with Crippen LogP contribution in [0.1, 0.15) is 49.0 Å². The largest absolute Gasteiger partial charge is 0.345 e. The molecular weight excluding hydrogens is 302 g/mol. The first-order valence-corrected chi connectivity index (χ1v) is 7.71. The fourth-order valence-electron chi connectivity index (χ4n) is 1.56. The van der Waals surface area contributed by atoms with Crippen molar-refractivity contribution >= 4 is 33.4 Å². The number of hydrogen-bond acceptors (Lipinski definition) is 4. The summed E-state index contributed by atoms with van der Waals surface area (Å²) in [6.07, 6.45) is 2.53. The number of aromatic nitrogens is 2. The zero-order valence-electron chi connectivity index (χ0n) is 10.4. The Morgan fingerprint density at radius 1 is 1.41 bits per heavy atom. The van der Waals surface area contributed by atoms with Gasteiger partial charge in [0.15, 0.2) is 0 Å². The van der Waals surface area contributed by atoms with Crippen molar-refractivity contribution in [2.45, 2.75) is 45.6 Å². The van der Waals surface area contributed by atoms with Gasteiger partial charge in [0.1, 0.15) is 4.88 Å².